The molecule has 1 aromatic carbocycles. The number of aryl methyl sites for hydroxylation is 2. The highest BCUT2D eigenvalue weighted by molar-refractivity contribution is 7.16. The van der Waals surface area contributed by atoms with Crippen LogP contribution in [-0.4, -0.2) is 40.7 Å². The van der Waals surface area contributed by atoms with E-state index in [1.807, 2.05) is 19.1 Å². The van der Waals surface area contributed by atoms with Gasteiger partial charge in [0.2, 0.25) is 23.5 Å². The lowest BCUT2D eigenvalue weighted by Crippen LogP contribution is -2.17. The zero-order valence-electron chi connectivity index (χ0n) is 17.5. The third-order valence-corrected chi connectivity index (χ3v) is 5.46. The van der Waals surface area contributed by atoms with Gasteiger partial charge >= 0.3 is 0 Å². The first kappa shape index (κ1) is 22.3. The molecule has 2 heterocycles. The summed E-state index contributed by atoms with van der Waals surface area (Å²) in [5.41, 5.74) is 7.89. The van der Waals surface area contributed by atoms with Gasteiger partial charge in [0.15, 0.2) is 5.13 Å². The van der Waals surface area contributed by atoms with Gasteiger partial charge in [0.05, 0.1) is 17.2 Å². The molecule has 0 atom stereocenters. The molecule has 0 fully saturated rings. The van der Waals surface area contributed by atoms with Crippen LogP contribution in [0.1, 0.15) is 38.8 Å². The van der Waals surface area contributed by atoms with Crippen molar-refractivity contribution in [2.24, 2.45) is 5.73 Å². The molecule has 0 bridgehead atoms. The standard InChI is InChI=1S/C21H23N5O4S/c1-12-17(8-5-11-29-3)31-21(23-12)25-18(27)10-9-14-15(19(22)28)6-4-7-16(14)20-24-13(2)30-26-20/h4-8H,9-11H2,1-3H3,(H2,22,28)(H,23,25,27)/b8-5+. The monoisotopic (exact) mass is 441 g/mol. The summed E-state index contributed by atoms with van der Waals surface area (Å²) in [5, 5.41) is 7.25. The summed E-state index contributed by atoms with van der Waals surface area (Å²) < 4.78 is 10.0. The number of carbonyl (C=O) groups is 2. The quantitative estimate of drug-likeness (QED) is 0.521. The number of hydrogen-bond acceptors (Lipinski definition) is 8. The number of methoxy groups -OCH3 is 1. The Kier molecular flexibility index (Phi) is 7.27. The second-order valence-electron chi connectivity index (χ2n) is 6.71. The molecule has 162 valence electrons. The maximum atomic E-state index is 12.6. The lowest BCUT2D eigenvalue weighted by atomic mass is 9.95. The van der Waals surface area contributed by atoms with E-state index in [2.05, 4.69) is 20.4 Å². The Morgan fingerprint density at radius 3 is 2.77 bits per heavy atom. The van der Waals surface area contributed by atoms with E-state index in [1.54, 1.807) is 32.2 Å². The number of aromatic nitrogens is 3. The van der Waals surface area contributed by atoms with Gasteiger partial charge in [-0.2, -0.15) is 4.98 Å². The van der Waals surface area contributed by atoms with Crippen LogP contribution in [0, 0.1) is 13.8 Å². The van der Waals surface area contributed by atoms with E-state index < -0.39 is 5.91 Å². The number of anilines is 1. The minimum atomic E-state index is -0.583. The molecule has 9 nitrogen and oxygen atoms in total. The van der Waals surface area contributed by atoms with Crippen LogP contribution in [0.4, 0.5) is 5.13 Å². The highest BCUT2D eigenvalue weighted by atomic mass is 32.1. The lowest BCUT2D eigenvalue weighted by Gasteiger charge is -2.10. The second kappa shape index (κ2) is 10.1. The van der Waals surface area contributed by atoms with Crippen molar-refractivity contribution in [3.8, 4) is 11.4 Å². The zero-order valence-corrected chi connectivity index (χ0v) is 18.3. The van der Waals surface area contributed by atoms with Gasteiger partial charge < -0.3 is 20.3 Å². The number of nitrogens with one attached hydrogen (secondary N) is 1. The number of nitrogens with zero attached hydrogens (tertiary/aromatic N) is 3. The molecule has 0 spiro atoms. The first-order valence-electron chi connectivity index (χ1n) is 9.54. The van der Waals surface area contributed by atoms with Crippen molar-refractivity contribution in [3.05, 3.63) is 51.9 Å². The van der Waals surface area contributed by atoms with E-state index in [9.17, 15) is 9.59 Å². The van der Waals surface area contributed by atoms with Crippen LogP contribution >= 0.6 is 11.3 Å². The van der Waals surface area contributed by atoms with Crippen LogP contribution in [-0.2, 0) is 16.0 Å². The molecular formula is C21H23N5O4S. The molecule has 31 heavy (non-hydrogen) atoms. The Morgan fingerprint density at radius 2 is 2.10 bits per heavy atom. The van der Waals surface area contributed by atoms with Crippen LogP contribution in [0.3, 0.4) is 0 Å². The summed E-state index contributed by atoms with van der Waals surface area (Å²) >= 11 is 1.38. The van der Waals surface area contributed by atoms with Gasteiger partial charge in [-0.25, -0.2) is 4.98 Å². The van der Waals surface area contributed by atoms with Gasteiger partial charge in [-0.15, -0.1) is 0 Å². The summed E-state index contributed by atoms with van der Waals surface area (Å²) in [6.07, 6.45) is 4.20. The average molecular weight is 442 g/mol. The highest BCUT2D eigenvalue weighted by Crippen LogP contribution is 2.27. The molecule has 2 aromatic heterocycles. The Bertz CT molecular complexity index is 1120. The molecule has 3 aromatic rings. The van der Waals surface area contributed by atoms with Gasteiger partial charge in [-0.3, -0.25) is 9.59 Å². The second-order valence-corrected chi connectivity index (χ2v) is 7.74. The number of nitrogens with two attached hydrogens (primary N) is 1. The van der Waals surface area contributed by atoms with Crippen molar-refractivity contribution < 1.29 is 18.8 Å². The fraction of sp³-hybridized carbons (Fsp3) is 0.286. The Morgan fingerprint density at radius 1 is 1.29 bits per heavy atom. The van der Waals surface area contributed by atoms with Gasteiger partial charge in [-0.1, -0.05) is 34.7 Å². The highest BCUT2D eigenvalue weighted by Gasteiger charge is 2.18. The molecule has 0 unspecified atom stereocenters. The van der Waals surface area contributed by atoms with Crippen LogP contribution < -0.4 is 11.1 Å². The van der Waals surface area contributed by atoms with E-state index in [1.165, 1.54) is 11.3 Å². The number of thiazole rings is 1. The van der Waals surface area contributed by atoms with Crippen molar-refractivity contribution in [3.63, 3.8) is 0 Å². The van der Waals surface area contributed by atoms with Crippen molar-refractivity contribution in [1.29, 1.82) is 0 Å². The Balaban J connectivity index is 1.74. The summed E-state index contributed by atoms with van der Waals surface area (Å²) in [6.45, 7) is 4.05. The SMILES string of the molecule is COC/C=C/c1sc(NC(=O)CCc2c(C(N)=O)cccc2-c2noc(C)n2)nc1C. The van der Waals surface area contributed by atoms with Gasteiger partial charge in [-0.05, 0) is 31.1 Å². The molecule has 2 amide bonds. The predicted molar refractivity (Wildman–Crippen MR) is 118 cm³/mol. The molecule has 3 N–H and O–H groups in total. The number of primary amides is 1. The van der Waals surface area contributed by atoms with Crippen molar-refractivity contribution in [2.75, 3.05) is 19.0 Å². The first-order chi connectivity index (χ1) is 14.9. The summed E-state index contributed by atoms with van der Waals surface area (Å²) in [6, 6.07) is 5.09. The lowest BCUT2D eigenvalue weighted by molar-refractivity contribution is -0.116. The summed E-state index contributed by atoms with van der Waals surface area (Å²) in [4.78, 5) is 34.0. The Labute approximate surface area is 183 Å². The van der Waals surface area contributed by atoms with Crippen LogP contribution in [0.15, 0.2) is 28.8 Å². The molecule has 3 rings (SSSR count). The van der Waals surface area contributed by atoms with E-state index in [-0.39, 0.29) is 18.7 Å². The molecule has 0 aliphatic rings. The molecular weight excluding hydrogens is 418 g/mol. The van der Waals surface area contributed by atoms with Crippen molar-refractivity contribution in [1.82, 2.24) is 15.1 Å². The van der Waals surface area contributed by atoms with Crippen molar-refractivity contribution >= 4 is 34.4 Å². The number of ether oxygens (including phenoxy) is 1. The molecule has 0 radical (unpaired) electrons. The number of benzene rings is 1. The predicted octanol–water partition coefficient (Wildman–Crippen LogP) is 3.14. The molecule has 10 heteroatoms. The summed E-state index contributed by atoms with van der Waals surface area (Å²) in [7, 11) is 1.62. The maximum absolute atomic E-state index is 12.6. The van der Waals surface area contributed by atoms with Gasteiger partial charge in [0, 0.05) is 31.6 Å². The normalized spacial score (nSPS) is 11.2. The van der Waals surface area contributed by atoms with Crippen LogP contribution in [0.25, 0.3) is 17.5 Å². The van der Waals surface area contributed by atoms with E-state index in [0.29, 0.717) is 40.1 Å². The Hall–Kier alpha value is -3.37. The molecule has 0 saturated carbocycles. The number of carbonyl (C=O) groups excluding carboxylic acids is 2. The van der Waals surface area contributed by atoms with Crippen molar-refractivity contribution in [2.45, 2.75) is 26.7 Å². The number of amides is 2. The van der Waals surface area contributed by atoms with E-state index in [0.717, 1.165) is 10.6 Å². The summed E-state index contributed by atoms with van der Waals surface area (Å²) in [5.74, 6) is -0.0621. The molecule has 0 aliphatic heterocycles. The van der Waals surface area contributed by atoms with Gasteiger partial charge in [0.25, 0.3) is 0 Å². The maximum Gasteiger partial charge on any atom is 0.249 e. The fourth-order valence-electron chi connectivity index (χ4n) is 2.99. The van der Waals surface area contributed by atoms with Crippen LogP contribution in [0.2, 0.25) is 0 Å². The molecule has 0 saturated heterocycles. The van der Waals surface area contributed by atoms with Crippen LogP contribution in [0.5, 0.6) is 0 Å². The third-order valence-electron chi connectivity index (χ3n) is 4.42. The zero-order chi connectivity index (χ0) is 22.4. The minimum Gasteiger partial charge on any atom is -0.381 e. The smallest absolute Gasteiger partial charge is 0.249 e. The first-order valence-corrected chi connectivity index (χ1v) is 10.4. The number of rotatable bonds is 9. The fourth-order valence-corrected chi connectivity index (χ4v) is 3.91. The number of hydrogen-bond donors (Lipinski definition) is 2. The van der Waals surface area contributed by atoms with E-state index in [4.69, 9.17) is 15.0 Å². The molecule has 0 aliphatic carbocycles. The average Bonchev–Trinajstić information content (AvgIpc) is 3.31. The van der Waals surface area contributed by atoms with E-state index >= 15 is 0 Å². The largest absolute Gasteiger partial charge is 0.381 e. The van der Waals surface area contributed by atoms with Gasteiger partial charge in [0.1, 0.15) is 0 Å². The topological polar surface area (TPSA) is 133 Å². The minimum absolute atomic E-state index is 0.127. The third kappa shape index (κ3) is 5.62.